The molecule has 104 valence electrons. The number of fused-ring (bicyclic) bond motifs is 1. The molecule has 0 aromatic heterocycles. The SMILES string of the molecule is Fc1ccccc1C(CCl)Cc1ccc2c(c1)CCC2. The van der Waals surface area contributed by atoms with Gasteiger partial charge in [-0.25, -0.2) is 4.39 Å². The Bertz CT molecular complexity index is 606. The van der Waals surface area contributed by atoms with E-state index in [0.717, 1.165) is 12.0 Å². The second-order valence-corrected chi connectivity index (χ2v) is 5.84. The first-order chi connectivity index (χ1) is 9.78. The maximum Gasteiger partial charge on any atom is 0.126 e. The van der Waals surface area contributed by atoms with Crippen molar-refractivity contribution in [3.05, 3.63) is 70.5 Å². The number of benzene rings is 2. The summed E-state index contributed by atoms with van der Waals surface area (Å²) in [5.41, 5.74) is 4.92. The predicted octanol–water partition coefficient (Wildman–Crippen LogP) is 4.88. The standard InChI is InChI=1S/C18H18ClF/c19-12-16(17-6-1-2-7-18(17)20)11-13-8-9-14-4-3-5-15(14)10-13/h1-2,6-10,16H,3-5,11-12H2. The van der Waals surface area contributed by atoms with Gasteiger partial charge in [-0.2, -0.15) is 0 Å². The van der Waals surface area contributed by atoms with Crippen LogP contribution in [0.3, 0.4) is 0 Å². The molecule has 0 N–H and O–H groups in total. The van der Waals surface area contributed by atoms with Crippen LogP contribution in [0.5, 0.6) is 0 Å². The minimum atomic E-state index is -0.153. The van der Waals surface area contributed by atoms with Gasteiger partial charge in [0.15, 0.2) is 0 Å². The first kappa shape index (κ1) is 13.6. The quantitative estimate of drug-likeness (QED) is 0.704. The van der Waals surface area contributed by atoms with Crippen molar-refractivity contribution in [1.82, 2.24) is 0 Å². The lowest BCUT2D eigenvalue weighted by Gasteiger charge is -2.16. The fraction of sp³-hybridized carbons (Fsp3) is 0.333. The van der Waals surface area contributed by atoms with Crippen LogP contribution in [0.25, 0.3) is 0 Å². The van der Waals surface area contributed by atoms with Crippen LogP contribution in [0.4, 0.5) is 4.39 Å². The van der Waals surface area contributed by atoms with Crippen LogP contribution in [0, 0.1) is 5.82 Å². The third-order valence-electron chi connectivity index (χ3n) is 4.18. The van der Waals surface area contributed by atoms with E-state index >= 15 is 0 Å². The zero-order chi connectivity index (χ0) is 13.9. The molecule has 1 unspecified atom stereocenters. The highest BCUT2D eigenvalue weighted by Crippen LogP contribution is 2.28. The molecule has 2 aromatic carbocycles. The van der Waals surface area contributed by atoms with Crippen molar-refractivity contribution in [2.45, 2.75) is 31.6 Å². The van der Waals surface area contributed by atoms with Crippen LogP contribution < -0.4 is 0 Å². The zero-order valence-corrected chi connectivity index (χ0v) is 12.2. The maximum absolute atomic E-state index is 13.9. The number of alkyl halides is 1. The number of rotatable bonds is 4. The van der Waals surface area contributed by atoms with Gasteiger partial charge in [0.1, 0.15) is 5.82 Å². The van der Waals surface area contributed by atoms with E-state index in [1.54, 1.807) is 6.07 Å². The van der Waals surface area contributed by atoms with Crippen molar-refractivity contribution < 1.29 is 4.39 Å². The van der Waals surface area contributed by atoms with Crippen molar-refractivity contribution in [3.63, 3.8) is 0 Å². The summed E-state index contributed by atoms with van der Waals surface area (Å²) in [5.74, 6) is 0.328. The normalized spacial score (nSPS) is 15.1. The molecule has 2 heteroatoms. The third-order valence-corrected chi connectivity index (χ3v) is 4.55. The number of aryl methyl sites for hydroxylation is 2. The molecule has 1 aliphatic rings. The average Bonchev–Trinajstić information content (AvgIpc) is 2.93. The second-order valence-electron chi connectivity index (χ2n) is 5.53. The predicted molar refractivity (Wildman–Crippen MR) is 82.0 cm³/mol. The molecule has 0 aliphatic heterocycles. The Morgan fingerprint density at radius 3 is 2.65 bits per heavy atom. The zero-order valence-electron chi connectivity index (χ0n) is 11.4. The van der Waals surface area contributed by atoms with Crippen molar-refractivity contribution in [1.29, 1.82) is 0 Å². The van der Waals surface area contributed by atoms with E-state index in [0.29, 0.717) is 5.88 Å². The fourth-order valence-electron chi connectivity index (χ4n) is 3.09. The first-order valence-corrected chi connectivity index (χ1v) is 7.72. The molecule has 0 saturated heterocycles. The topological polar surface area (TPSA) is 0 Å². The Hall–Kier alpha value is -1.34. The number of hydrogen-bond donors (Lipinski definition) is 0. The van der Waals surface area contributed by atoms with Crippen LogP contribution in [0.15, 0.2) is 42.5 Å². The fourth-order valence-corrected chi connectivity index (χ4v) is 3.37. The molecule has 0 bridgehead atoms. The van der Waals surface area contributed by atoms with E-state index in [2.05, 4.69) is 18.2 Å². The van der Waals surface area contributed by atoms with Gasteiger partial charge in [0.25, 0.3) is 0 Å². The van der Waals surface area contributed by atoms with E-state index in [4.69, 9.17) is 11.6 Å². The van der Waals surface area contributed by atoms with Gasteiger partial charge in [-0.3, -0.25) is 0 Å². The van der Waals surface area contributed by atoms with Crippen LogP contribution in [0.1, 0.15) is 34.6 Å². The lowest BCUT2D eigenvalue weighted by molar-refractivity contribution is 0.589. The molecule has 0 spiro atoms. The summed E-state index contributed by atoms with van der Waals surface area (Å²) in [7, 11) is 0. The van der Waals surface area contributed by atoms with Gasteiger partial charge < -0.3 is 0 Å². The largest absolute Gasteiger partial charge is 0.207 e. The van der Waals surface area contributed by atoms with Gasteiger partial charge in [-0.1, -0.05) is 36.4 Å². The van der Waals surface area contributed by atoms with Crippen LogP contribution in [-0.2, 0) is 19.3 Å². The number of halogens is 2. The van der Waals surface area contributed by atoms with Gasteiger partial charge in [0, 0.05) is 11.8 Å². The van der Waals surface area contributed by atoms with E-state index in [1.807, 2.05) is 12.1 Å². The molecule has 0 fully saturated rings. The minimum Gasteiger partial charge on any atom is -0.207 e. The smallest absolute Gasteiger partial charge is 0.126 e. The molecule has 0 saturated carbocycles. The van der Waals surface area contributed by atoms with Gasteiger partial charge in [0.2, 0.25) is 0 Å². The summed E-state index contributed by atoms with van der Waals surface area (Å²) in [4.78, 5) is 0. The first-order valence-electron chi connectivity index (χ1n) is 7.19. The van der Waals surface area contributed by atoms with Crippen LogP contribution >= 0.6 is 11.6 Å². The summed E-state index contributed by atoms with van der Waals surface area (Å²) in [5, 5.41) is 0. The molecule has 0 radical (unpaired) electrons. The Balaban J connectivity index is 1.83. The molecule has 0 nitrogen and oxygen atoms in total. The van der Waals surface area contributed by atoms with Crippen molar-refractivity contribution >= 4 is 11.6 Å². The lowest BCUT2D eigenvalue weighted by Crippen LogP contribution is -2.07. The van der Waals surface area contributed by atoms with E-state index < -0.39 is 0 Å². The summed E-state index contributed by atoms with van der Waals surface area (Å²) in [6.07, 6.45) is 4.43. The Morgan fingerprint density at radius 2 is 1.85 bits per heavy atom. The van der Waals surface area contributed by atoms with Gasteiger partial charge in [-0.05, 0) is 54.0 Å². The molecule has 3 rings (SSSR count). The van der Waals surface area contributed by atoms with Gasteiger partial charge >= 0.3 is 0 Å². The molecule has 0 amide bonds. The molecule has 0 heterocycles. The van der Waals surface area contributed by atoms with Crippen molar-refractivity contribution in [2.75, 3.05) is 5.88 Å². The van der Waals surface area contributed by atoms with Crippen molar-refractivity contribution in [2.24, 2.45) is 0 Å². The second kappa shape index (κ2) is 5.97. The van der Waals surface area contributed by atoms with E-state index in [-0.39, 0.29) is 11.7 Å². The third kappa shape index (κ3) is 2.73. The molecule has 1 atom stereocenters. The minimum absolute atomic E-state index is 0.0392. The summed E-state index contributed by atoms with van der Waals surface area (Å²) in [6, 6.07) is 13.6. The molecule has 2 aromatic rings. The van der Waals surface area contributed by atoms with Gasteiger partial charge in [0.05, 0.1) is 0 Å². The summed E-state index contributed by atoms with van der Waals surface area (Å²) < 4.78 is 13.9. The summed E-state index contributed by atoms with van der Waals surface area (Å²) in [6.45, 7) is 0. The van der Waals surface area contributed by atoms with Gasteiger partial charge in [-0.15, -0.1) is 11.6 Å². The van der Waals surface area contributed by atoms with Crippen LogP contribution in [0.2, 0.25) is 0 Å². The molecule has 1 aliphatic carbocycles. The van der Waals surface area contributed by atoms with Crippen molar-refractivity contribution in [3.8, 4) is 0 Å². The maximum atomic E-state index is 13.9. The highest BCUT2D eigenvalue weighted by molar-refractivity contribution is 6.18. The Morgan fingerprint density at radius 1 is 1.05 bits per heavy atom. The molecular weight excluding hydrogens is 271 g/mol. The Kier molecular flexibility index (Phi) is 4.07. The monoisotopic (exact) mass is 288 g/mol. The Labute approximate surface area is 124 Å². The van der Waals surface area contributed by atoms with E-state index in [9.17, 15) is 4.39 Å². The molecule has 20 heavy (non-hydrogen) atoms. The van der Waals surface area contributed by atoms with Crippen LogP contribution in [-0.4, -0.2) is 5.88 Å². The van der Waals surface area contributed by atoms with E-state index in [1.165, 1.54) is 42.0 Å². The molecular formula is C18H18ClF. The highest BCUT2D eigenvalue weighted by atomic mass is 35.5. The summed E-state index contributed by atoms with van der Waals surface area (Å²) >= 11 is 6.07. The lowest BCUT2D eigenvalue weighted by atomic mass is 9.92. The number of hydrogen-bond acceptors (Lipinski definition) is 0. The average molecular weight is 289 g/mol. The highest BCUT2D eigenvalue weighted by Gasteiger charge is 2.17.